The van der Waals surface area contributed by atoms with Gasteiger partial charge in [0.25, 0.3) is 0 Å². The third-order valence-corrected chi connectivity index (χ3v) is 3.78. The molecule has 0 unspecified atom stereocenters. The average Bonchev–Trinajstić information content (AvgIpc) is 2.53. The average molecular weight is 298 g/mol. The highest BCUT2D eigenvalue weighted by Crippen LogP contribution is 2.30. The summed E-state index contributed by atoms with van der Waals surface area (Å²) in [6.07, 6.45) is 5.08. The lowest BCUT2D eigenvalue weighted by atomic mass is 9.97. The summed E-state index contributed by atoms with van der Waals surface area (Å²) in [7, 11) is 0. The van der Waals surface area contributed by atoms with Crippen LogP contribution in [0, 0.1) is 0 Å². The fraction of sp³-hybridized carbons (Fsp3) is 0.316. The normalized spacial score (nSPS) is 10.6. The lowest BCUT2D eigenvalue weighted by Gasteiger charge is -2.10. The Kier molecular flexibility index (Phi) is 5.59. The third kappa shape index (κ3) is 3.88. The number of aromatic hydroxyl groups is 2. The maximum Gasteiger partial charge on any atom is 0.196 e. The summed E-state index contributed by atoms with van der Waals surface area (Å²) in [5, 5.41) is 19.9. The number of aryl methyl sites for hydroxylation is 1. The number of hydrogen-bond acceptors (Lipinski definition) is 3. The van der Waals surface area contributed by atoms with E-state index in [-0.39, 0.29) is 22.8 Å². The van der Waals surface area contributed by atoms with Gasteiger partial charge in [0.15, 0.2) is 5.78 Å². The molecule has 22 heavy (non-hydrogen) atoms. The molecule has 0 amide bonds. The first-order valence-corrected chi connectivity index (χ1v) is 7.78. The highest BCUT2D eigenvalue weighted by molar-refractivity contribution is 6.10. The number of carbonyl (C=O) groups excluding carboxylic acids is 1. The molecule has 0 aliphatic heterocycles. The van der Waals surface area contributed by atoms with Crippen LogP contribution in [0.15, 0.2) is 42.5 Å². The van der Waals surface area contributed by atoms with E-state index in [0.717, 1.165) is 25.7 Å². The molecule has 0 saturated carbocycles. The lowest BCUT2D eigenvalue weighted by molar-refractivity contribution is 0.103. The maximum absolute atomic E-state index is 12.5. The van der Waals surface area contributed by atoms with Crippen LogP contribution < -0.4 is 0 Å². The Balaban J connectivity index is 2.22. The Morgan fingerprint density at radius 2 is 1.68 bits per heavy atom. The van der Waals surface area contributed by atoms with E-state index in [9.17, 15) is 15.0 Å². The minimum absolute atomic E-state index is 0.0543. The zero-order valence-electron chi connectivity index (χ0n) is 12.9. The van der Waals surface area contributed by atoms with Crippen molar-refractivity contribution >= 4 is 5.78 Å². The van der Waals surface area contributed by atoms with E-state index in [0.29, 0.717) is 17.5 Å². The fourth-order valence-corrected chi connectivity index (χ4v) is 2.49. The van der Waals surface area contributed by atoms with E-state index >= 15 is 0 Å². The zero-order chi connectivity index (χ0) is 15.9. The van der Waals surface area contributed by atoms with Crippen molar-refractivity contribution in [2.24, 2.45) is 0 Å². The molecule has 2 aromatic rings. The van der Waals surface area contributed by atoms with E-state index in [1.165, 1.54) is 6.07 Å². The molecule has 0 heterocycles. The first kappa shape index (κ1) is 16.1. The largest absolute Gasteiger partial charge is 0.508 e. The molecular formula is C19H22O3. The van der Waals surface area contributed by atoms with Crippen molar-refractivity contribution in [2.45, 2.75) is 39.0 Å². The number of carbonyl (C=O) groups is 1. The van der Waals surface area contributed by atoms with Crippen LogP contribution in [-0.4, -0.2) is 16.0 Å². The molecular weight excluding hydrogens is 276 g/mol. The summed E-state index contributed by atoms with van der Waals surface area (Å²) in [5.74, 6) is -0.352. The van der Waals surface area contributed by atoms with Crippen LogP contribution in [-0.2, 0) is 6.42 Å². The van der Waals surface area contributed by atoms with Crippen LogP contribution in [0.4, 0.5) is 0 Å². The summed E-state index contributed by atoms with van der Waals surface area (Å²) in [6, 6.07) is 11.7. The van der Waals surface area contributed by atoms with Gasteiger partial charge in [0.1, 0.15) is 11.5 Å². The number of phenolic OH excluding ortho intramolecular Hbond substituents is 2. The first-order chi connectivity index (χ1) is 10.6. The van der Waals surface area contributed by atoms with Crippen molar-refractivity contribution < 1.29 is 15.0 Å². The molecule has 0 aliphatic carbocycles. The molecule has 0 atom stereocenters. The Hall–Kier alpha value is -2.29. The van der Waals surface area contributed by atoms with E-state index in [1.807, 2.05) is 6.07 Å². The Morgan fingerprint density at radius 3 is 2.36 bits per heavy atom. The second-order valence-corrected chi connectivity index (χ2v) is 5.50. The quantitative estimate of drug-likeness (QED) is 0.586. The van der Waals surface area contributed by atoms with Gasteiger partial charge in [0.2, 0.25) is 0 Å². The van der Waals surface area contributed by atoms with Crippen molar-refractivity contribution in [1.82, 2.24) is 0 Å². The van der Waals surface area contributed by atoms with Crippen LogP contribution in [0.2, 0.25) is 0 Å². The standard InChI is InChI=1S/C19H22O3/c1-2-3-4-6-11-15-12-16(18(21)13-17(15)20)19(22)14-9-7-5-8-10-14/h5,7-10,12-13,20-21H,2-4,6,11H2,1H3. The van der Waals surface area contributed by atoms with Crippen LogP contribution in [0.1, 0.15) is 54.1 Å². The second kappa shape index (κ2) is 7.64. The number of ketones is 1. The minimum Gasteiger partial charge on any atom is -0.508 e. The third-order valence-electron chi connectivity index (χ3n) is 3.78. The summed E-state index contributed by atoms with van der Waals surface area (Å²) >= 11 is 0. The minimum atomic E-state index is -0.229. The predicted octanol–water partition coefficient (Wildman–Crippen LogP) is 4.45. The highest BCUT2D eigenvalue weighted by Gasteiger charge is 2.16. The van der Waals surface area contributed by atoms with Gasteiger partial charge in [-0.25, -0.2) is 0 Å². The van der Waals surface area contributed by atoms with Gasteiger partial charge in [-0.05, 0) is 24.5 Å². The topological polar surface area (TPSA) is 57.5 Å². The van der Waals surface area contributed by atoms with Crippen LogP contribution in [0.25, 0.3) is 0 Å². The molecule has 3 heteroatoms. The molecule has 3 nitrogen and oxygen atoms in total. The number of rotatable bonds is 7. The van der Waals surface area contributed by atoms with Crippen molar-refractivity contribution in [2.75, 3.05) is 0 Å². The Bertz CT molecular complexity index is 633. The molecule has 116 valence electrons. The number of hydrogen-bond donors (Lipinski definition) is 2. The summed E-state index contributed by atoms with van der Waals surface area (Å²) in [4.78, 5) is 12.5. The van der Waals surface area contributed by atoms with Crippen LogP contribution in [0.3, 0.4) is 0 Å². The Labute approximate surface area is 131 Å². The summed E-state index contributed by atoms with van der Waals surface area (Å²) in [6.45, 7) is 2.15. The number of phenols is 2. The molecule has 0 bridgehead atoms. The number of benzene rings is 2. The van der Waals surface area contributed by atoms with Gasteiger partial charge in [0.05, 0.1) is 5.56 Å². The monoisotopic (exact) mass is 298 g/mol. The van der Waals surface area contributed by atoms with Crippen LogP contribution in [0.5, 0.6) is 11.5 Å². The molecule has 0 aliphatic rings. The summed E-state index contributed by atoms with van der Waals surface area (Å²) in [5.41, 5.74) is 1.49. The van der Waals surface area contributed by atoms with Gasteiger partial charge in [-0.15, -0.1) is 0 Å². The van der Waals surface area contributed by atoms with Crippen molar-refractivity contribution in [3.05, 3.63) is 59.2 Å². The van der Waals surface area contributed by atoms with E-state index in [1.54, 1.807) is 30.3 Å². The SMILES string of the molecule is CCCCCCc1cc(C(=O)c2ccccc2)c(O)cc1O. The van der Waals surface area contributed by atoms with Gasteiger partial charge in [-0.2, -0.15) is 0 Å². The van der Waals surface area contributed by atoms with Crippen LogP contribution >= 0.6 is 0 Å². The van der Waals surface area contributed by atoms with Crippen molar-refractivity contribution in [1.29, 1.82) is 0 Å². The lowest BCUT2D eigenvalue weighted by Crippen LogP contribution is -2.03. The van der Waals surface area contributed by atoms with Crippen molar-refractivity contribution in [3.8, 4) is 11.5 Å². The van der Waals surface area contributed by atoms with Gasteiger partial charge in [-0.3, -0.25) is 4.79 Å². The Morgan fingerprint density at radius 1 is 0.955 bits per heavy atom. The molecule has 0 aromatic heterocycles. The zero-order valence-corrected chi connectivity index (χ0v) is 12.9. The number of unbranched alkanes of at least 4 members (excludes halogenated alkanes) is 3. The maximum atomic E-state index is 12.5. The van der Waals surface area contributed by atoms with E-state index < -0.39 is 0 Å². The predicted molar refractivity (Wildman–Crippen MR) is 87.5 cm³/mol. The summed E-state index contributed by atoms with van der Waals surface area (Å²) < 4.78 is 0. The van der Waals surface area contributed by atoms with Crippen molar-refractivity contribution in [3.63, 3.8) is 0 Å². The molecule has 0 fully saturated rings. The van der Waals surface area contributed by atoms with E-state index in [4.69, 9.17) is 0 Å². The highest BCUT2D eigenvalue weighted by atomic mass is 16.3. The molecule has 0 saturated heterocycles. The van der Waals surface area contributed by atoms with Gasteiger partial charge >= 0.3 is 0 Å². The molecule has 2 aromatic carbocycles. The molecule has 0 radical (unpaired) electrons. The van der Waals surface area contributed by atoms with Gasteiger partial charge in [-0.1, -0.05) is 56.5 Å². The fourth-order valence-electron chi connectivity index (χ4n) is 2.49. The van der Waals surface area contributed by atoms with Gasteiger partial charge < -0.3 is 10.2 Å². The van der Waals surface area contributed by atoms with Gasteiger partial charge in [0, 0.05) is 11.6 Å². The molecule has 2 rings (SSSR count). The second-order valence-electron chi connectivity index (χ2n) is 5.50. The molecule has 2 N–H and O–H groups in total. The first-order valence-electron chi connectivity index (χ1n) is 7.78. The van der Waals surface area contributed by atoms with E-state index in [2.05, 4.69) is 6.92 Å². The smallest absolute Gasteiger partial charge is 0.196 e. The molecule has 0 spiro atoms.